The second-order valence-electron chi connectivity index (χ2n) is 4.84. The molecule has 4 nitrogen and oxygen atoms in total. The number of hydrogen-bond donors (Lipinski definition) is 0. The number of carbonyl (C=O) groups excluding carboxylic acids is 1. The maximum Gasteiger partial charge on any atom is 0.384 e. The number of likely N-dealkylation sites (N-methyl/N-ethyl adjacent to an activating group) is 1. The number of methoxy groups -OCH3 is 1. The van der Waals surface area contributed by atoms with Gasteiger partial charge in [-0.1, -0.05) is 18.1 Å². The molecule has 0 fully saturated rings. The highest BCUT2D eigenvalue weighted by Gasteiger charge is 2.09. The highest BCUT2D eigenvalue weighted by molar-refractivity contribution is 5.88. The molecule has 4 heteroatoms. The fraction of sp³-hybridized carbons (Fsp3) is 0.471. The van der Waals surface area contributed by atoms with Gasteiger partial charge in [0.25, 0.3) is 0 Å². The molecule has 0 bridgehead atoms. The number of nitrogens with zero attached hydrogens (tertiary/aromatic N) is 1. The Bertz CT molecular complexity index is 499. The van der Waals surface area contributed by atoms with Gasteiger partial charge in [0.1, 0.15) is 5.75 Å². The Kier molecular flexibility index (Phi) is 7.34. The van der Waals surface area contributed by atoms with E-state index in [4.69, 9.17) is 9.47 Å². The largest absolute Gasteiger partial charge is 0.497 e. The van der Waals surface area contributed by atoms with Crippen molar-refractivity contribution in [3.8, 4) is 17.6 Å². The third-order valence-electron chi connectivity index (χ3n) is 3.24. The summed E-state index contributed by atoms with van der Waals surface area (Å²) in [5.41, 5.74) is 1.24. The van der Waals surface area contributed by atoms with Crippen molar-refractivity contribution in [2.45, 2.75) is 26.3 Å². The molecule has 0 aromatic heterocycles. The quantitative estimate of drug-likeness (QED) is 0.457. The van der Waals surface area contributed by atoms with Crippen molar-refractivity contribution in [2.24, 2.45) is 0 Å². The van der Waals surface area contributed by atoms with E-state index in [0.717, 1.165) is 12.2 Å². The lowest BCUT2D eigenvalue weighted by atomic mass is 10.1. The third kappa shape index (κ3) is 6.33. The molecule has 21 heavy (non-hydrogen) atoms. The van der Waals surface area contributed by atoms with E-state index in [-0.39, 0.29) is 0 Å². The van der Waals surface area contributed by atoms with Gasteiger partial charge in [-0.3, -0.25) is 4.90 Å². The van der Waals surface area contributed by atoms with Crippen molar-refractivity contribution in [3.63, 3.8) is 0 Å². The Morgan fingerprint density at radius 2 is 2.00 bits per heavy atom. The zero-order valence-corrected chi connectivity index (χ0v) is 13.2. The summed E-state index contributed by atoms with van der Waals surface area (Å²) in [6.45, 7) is 4.80. The first kappa shape index (κ1) is 17.1. The van der Waals surface area contributed by atoms with Crippen LogP contribution in [0.15, 0.2) is 24.3 Å². The van der Waals surface area contributed by atoms with Crippen LogP contribution in [-0.2, 0) is 16.0 Å². The van der Waals surface area contributed by atoms with Crippen molar-refractivity contribution in [2.75, 3.05) is 27.3 Å². The molecular weight excluding hydrogens is 266 g/mol. The maximum absolute atomic E-state index is 11.1. The van der Waals surface area contributed by atoms with E-state index in [1.807, 2.05) is 19.2 Å². The van der Waals surface area contributed by atoms with Crippen molar-refractivity contribution >= 4 is 5.97 Å². The van der Waals surface area contributed by atoms with Crippen molar-refractivity contribution in [1.29, 1.82) is 0 Å². The molecule has 0 spiro atoms. The first-order valence-corrected chi connectivity index (χ1v) is 7.05. The van der Waals surface area contributed by atoms with E-state index < -0.39 is 5.97 Å². The number of benzene rings is 1. The van der Waals surface area contributed by atoms with Gasteiger partial charge in [0, 0.05) is 12.0 Å². The number of carbonyl (C=O) groups is 1. The van der Waals surface area contributed by atoms with E-state index in [1.54, 1.807) is 14.0 Å². The van der Waals surface area contributed by atoms with Gasteiger partial charge in [-0.05, 0) is 45.0 Å². The standard InChI is InChI=1S/C17H23NO3/c1-5-21-17(19)7-6-12-18(3)14(2)13-15-8-10-16(20-4)11-9-15/h8-11,14H,5,12-13H2,1-4H3/t14-/m1/s1. The summed E-state index contributed by atoms with van der Waals surface area (Å²) >= 11 is 0. The minimum atomic E-state index is -0.464. The topological polar surface area (TPSA) is 38.8 Å². The van der Waals surface area contributed by atoms with Crippen LogP contribution in [0.2, 0.25) is 0 Å². The smallest absolute Gasteiger partial charge is 0.384 e. The van der Waals surface area contributed by atoms with E-state index in [1.165, 1.54) is 5.56 Å². The van der Waals surface area contributed by atoms with Gasteiger partial charge < -0.3 is 9.47 Å². The first-order chi connectivity index (χ1) is 10.1. The Morgan fingerprint density at radius 1 is 1.33 bits per heavy atom. The molecule has 1 aromatic carbocycles. The number of esters is 1. The highest BCUT2D eigenvalue weighted by atomic mass is 16.5. The molecule has 0 radical (unpaired) electrons. The molecule has 0 aliphatic rings. The normalized spacial score (nSPS) is 11.5. The lowest BCUT2D eigenvalue weighted by Gasteiger charge is -2.22. The third-order valence-corrected chi connectivity index (χ3v) is 3.24. The van der Waals surface area contributed by atoms with Gasteiger partial charge in [0.15, 0.2) is 0 Å². The lowest BCUT2D eigenvalue weighted by Crippen LogP contribution is -2.31. The zero-order chi connectivity index (χ0) is 15.7. The van der Waals surface area contributed by atoms with E-state index in [9.17, 15) is 4.79 Å². The molecule has 1 rings (SSSR count). The Hall–Kier alpha value is -1.99. The maximum atomic E-state index is 11.1. The summed E-state index contributed by atoms with van der Waals surface area (Å²) in [6.07, 6.45) is 0.918. The molecule has 1 atom stereocenters. The predicted molar refractivity (Wildman–Crippen MR) is 83.2 cm³/mol. The van der Waals surface area contributed by atoms with Crippen LogP contribution in [0.25, 0.3) is 0 Å². The van der Waals surface area contributed by atoms with Gasteiger partial charge in [-0.15, -0.1) is 0 Å². The summed E-state index contributed by atoms with van der Waals surface area (Å²) in [5, 5.41) is 0. The van der Waals surface area contributed by atoms with Crippen LogP contribution in [0.1, 0.15) is 19.4 Å². The van der Waals surface area contributed by atoms with E-state index in [2.05, 4.69) is 35.8 Å². The van der Waals surface area contributed by atoms with Gasteiger partial charge in [-0.25, -0.2) is 4.79 Å². The first-order valence-electron chi connectivity index (χ1n) is 7.05. The molecule has 0 heterocycles. The second-order valence-corrected chi connectivity index (χ2v) is 4.84. The molecule has 1 aromatic rings. The summed E-state index contributed by atoms with van der Waals surface area (Å²) in [5.74, 6) is 5.71. The van der Waals surface area contributed by atoms with Crippen molar-refractivity contribution < 1.29 is 14.3 Å². The van der Waals surface area contributed by atoms with Crippen LogP contribution in [0.3, 0.4) is 0 Å². The fourth-order valence-corrected chi connectivity index (χ4v) is 1.82. The van der Waals surface area contributed by atoms with Crippen LogP contribution in [-0.4, -0.2) is 44.2 Å². The van der Waals surface area contributed by atoms with Crippen molar-refractivity contribution in [3.05, 3.63) is 29.8 Å². The number of hydrogen-bond acceptors (Lipinski definition) is 4. The van der Waals surface area contributed by atoms with Gasteiger partial charge in [-0.2, -0.15) is 0 Å². The molecule has 0 saturated heterocycles. The van der Waals surface area contributed by atoms with Crippen LogP contribution < -0.4 is 4.74 Å². The number of rotatable bonds is 6. The summed E-state index contributed by atoms with van der Waals surface area (Å²) in [6, 6.07) is 8.38. The Labute approximate surface area is 127 Å². The van der Waals surface area contributed by atoms with Crippen LogP contribution in [0.5, 0.6) is 5.75 Å². The van der Waals surface area contributed by atoms with Gasteiger partial charge >= 0.3 is 5.97 Å². The van der Waals surface area contributed by atoms with Gasteiger partial charge in [0.2, 0.25) is 0 Å². The summed E-state index contributed by atoms with van der Waals surface area (Å²) in [7, 11) is 3.65. The highest BCUT2D eigenvalue weighted by Crippen LogP contribution is 2.13. The van der Waals surface area contributed by atoms with E-state index >= 15 is 0 Å². The predicted octanol–water partition coefficient (Wildman–Crippen LogP) is 2.12. The lowest BCUT2D eigenvalue weighted by molar-refractivity contribution is -0.136. The molecule has 0 saturated carbocycles. The average molecular weight is 289 g/mol. The monoisotopic (exact) mass is 289 g/mol. The van der Waals surface area contributed by atoms with Crippen LogP contribution >= 0.6 is 0 Å². The summed E-state index contributed by atoms with van der Waals surface area (Å²) < 4.78 is 9.90. The SMILES string of the molecule is CCOC(=O)C#CCN(C)[C@H](C)Cc1ccc(OC)cc1. The number of ether oxygens (including phenoxy) is 2. The average Bonchev–Trinajstić information content (AvgIpc) is 2.48. The molecule has 0 N–H and O–H groups in total. The Balaban J connectivity index is 2.46. The Morgan fingerprint density at radius 3 is 2.57 bits per heavy atom. The fourth-order valence-electron chi connectivity index (χ4n) is 1.82. The molecule has 0 aliphatic carbocycles. The van der Waals surface area contributed by atoms with E-state index in [0.29, 0.717) is 19.2 Å². The summed E-state index contributed by atoms with van der Waals surface area (Å²) in [4.78, 5) is 13.2. The molecule has 0 amide bonds. The van der Waals surface area contributed by atoms with Crippen LogP contribution in [0, 0.1) is 11.8 Å². The minimum absolute atomic E-state index is 0.329. The zero-order valence-electron chi connectivity index (χ0n) is 13.2. The molecular formula is C17H23NO3. The molecule has 0 aliphatic heterocycles. The van der Waals surface area contributed by atoms with Crippen molar-refractivity contribution in [1.82, 2.24) is 4.90 Å². The van der Waals surface area contributed by atoms with Gasteiger partial charge in [0.05, 0.1) is 20.3 Å². The minimum Gasteiger partial charge on any atom is -0.497 e. The molecule has 0 unspecified atom stereocenters. The molecule has 114 valence electrons. The second kappa shape index (κ2) is 9.04. The van der Waals surface area contributed by atoms with Crippen LogP contribution in [0.4, 0.5) is 0 Å².